The molecule has 0 saturated carbocycles. The molecule has 0 aliphatic rings. The Bertz CT molecular complexity index is 429. The van der Waals surface area contributed by atoms with Gasteiger partial charge in [0.05, 0.1) is 5.56 Å². The van der Waals surface area contributed by atoms with E-state index in [-0.39, 0.29) is 0 Å². The number of anilines is 2. The third-order valence-electron chi connectivity index (χ3n) is 3.18. The van der Waals surface area contributed by atoms with Gasteiger partial charge in [-0.1, -0.05) is 13.8 Å². The highest BCUT2D eigenvalue weighted by atomic mass is 16.1. The van der Waals surface area contributed by atoms with E-state index in [0.29, 0.717) is 23.2 Å². The van der Waals surface area contributed by atoms with Crippen molar-refractivity contribution < 1.29 is 4.79 Å². The highest BCUT2D eigenvalue weighted by Crippen LogP contribution is 2.23. The van der Waals surface area contributed by atoms with E-state index in [1.165, 1.54) is 0 Å². The molecule has 0 aliphatic heterocycles. The van der Waals surface area contributed by atoms with Crippen molar-refractivity contribution in [2.75, 3.05) is 17.7 Å². The van der Waals surface area contributed by atoms with Crippen LogP contribution in [0.4, 0.5) is 11.4 Å². The largest absolute Gasteiger partial charge is 0.398 e. The average molecular weight is 249 g/mol. The normalized spacial score (nSPS) is 12.5. The molecule has 0 heterocycles. The Balaban J connectivity index is 2.96. The fraction of sp³-hybridized carbons (Fsp3) is 0.500. The first-order valence-electron chi connectivity index (χ1n) is 6.25. The van der Waals surface area contributed by atoms with Gasteiger partial charge in [-0.3, -0.25) is 4.79 Å². The minimum absolute atomic E-state index is 0.385. The Kier molecular flexibility index (Phi) is 4.59. The van der Waals surface area contributed by atoms with E-state index in [9.17, 15) is 4.79 Å². The number of hydrogen-bond donors (Lipinski definition) is 2. The molecule has 1 aromatic rings. The maximum Gasteiger partial charge on any atom is 0.250 e. The van der Waals surface area contributed by atoms with E-state index in [1.54, 1.807) is 12.1 Å². The topological polar surface area (TPSA) is 72.3 Å². The Hall–Kier alpha value is -1.71. The minimum Gasteiger partial charge on any atom is -0.398 e. The Morgan fingerprint density at radius 2 is 1.94 bits per heavy atom. The van der Waals surface area contributed by atoms with Gasteiger partial charge in [0.25, 0.3) is 5.91 Å². The van der Waals surface area contributed by atoms with Crippen LogP contribution in [-0.2, 0) is 0 Å². The van der Waals surface area contributed by atoms with E-state index in [0.717, 1.165) is 12.1 Å². The molecule has 0 aromatic heterocycles. The number of amides is 1. The number of nitrogens with zero attached hydrogens (tertiary/aromatic N) is 1. The number of hydrogen-bond acceptors (Lipinski definition) is 3. The second-order valence-electron chi connectivity index (χ2n) is 5.23. The number of rotatable bonds is 5. The molecule has 1 rings (SSSR count). The van der Waals surface area contributed by atoms with Crippen molar-refractivity contribution in [3.05, 3.63) is 23.8 Å². The third-order valence-corrected chi connectivity index (χ3v) is 3.18. The van der Waals surface area contributed by atoms with Gasteiger partial charge in [-0.2, -0.15) is 0 Å². The Morgan fingerprint density at radius 1 is 1.33 bits per heavy atom. The summed E-state index contributed by atoms with van der Waals surface area (Å²) in [7, 11) is 2.02. The van der Waals surface area contributed by atoms with E-state index in [2.05, 4.69) is 25.7 Å². The van der Waals surface area contributed by atoms with Crippen molar-refractivity contribution in [1.82, 2.24) is 0 Å². The third kappa shape index (κ3) is 3.39. The summed E-state index contributed by atoms with van der Waals surface area (Å²) in [5, 5.41) is 0. The molecule has 4 N–H and O–H groups in total. The van der Waals surface area contributed by atoms with Crippen LogP contribution >= 0.6 is 0 Å². The summed E-state index contributed by atoms with van der Waals surface area (Å²) in [6.45, 7) is 6.56. The van der Waals surface area contributed by atoms with Crippen LogP contribution in [0.25, 0.3) is 0 Å². The number of nitrogens with two attached hydrogens (primary N) is 2. The molecule has 0 spiro atoms. The summed E-state index contributed by atoms with van der Waals surface area (Å²) in [5.74, 6) is 0.145. The predicted octanol–water partition coefficient (Wildman–Crippen LogP) is 2.24. The summed E-state index contributed by atoms with van der Waals surface area (Å²) in [4.78, 5) is 13.4. The number of nitrogen functional groups attached to an aromatic ring is 1. The van der Waals surface area contributed by atoms with Gasteiger partial charge in [-0.05, 0) is 37.5 Å². The van der Waals surface area contributed by atoms with Crippen LogP contribution in [0.1, 0.15) is 37.6 Å². The van der Waals surface area contributed by atoms with Gasteiger partial charge in [0, 0.05) is 24.5 Å². The Labute approximate surface area is 109 Å². The first kappa shape index (κ1) is 14.4. The van der Waals surface area contributed by atoms with Gasteiger partial charge < -0.3 is 16.4 Å². The minimum atomic E-state index is -0.487. The lowest BCUT2D eigenvalue weighted by atomic mass is 10.0. The van der Waals surface area contributed by atoms with E-state index < -0.39 is 5.91 Å². The molecule has 0 fully saturated rings. The van der Waals surface area contributed by atoms with Gasteiger partial charge in [0.2, 0.25) is 0 Å². The second kappa shape index (κ2) is 5.76. The fourth-order valence-corrected chi connectivity index (χ4v) is 2.07. The molecule has 1 unspecified atom stereocenters. The Morgan fingerprint density at radius 3 is 2.44 bits per heavy atom. The molecule has 1 aromatic carbocycles. The van der Waals surface area contributed by atoms with Crippen LogP contribution in [-0.4, -0.2) is 19.0 Å². The van der Waals surface area contributed by atoms with Crippen molar-refractivity contribution in [2.45, 2.75) is 33.2 Å². The van der Waals surface area contributed by atoms with Crippen LogP contribution in [0.5, 0.6) is 0 Å². The molecule has 4 nitrogen and oxygen atoms in total. The summed E-state index contributed by atoms with van der Waals surface area (Å²) in [5.41, 5.74) is 12.8. The molecule has 1 atom stereocenters. The van der Waals surface area contributed by atoms with E-state index in [1.807, 2.05) is 13.1 Å². The number of benzene rings is 1. The zero-order chi connectivity index (χ0) is 13.9. The van der Waals surface area contributed by atoms with Gasteiger partial charge in [-0.25, -0.2) is 0 Å². The predicted molar refractivity (Wildman–Crippen MR) is 76.7 cm³/mol. The van der Waals surface area contributed by atoms with Gasteiger partial charge in [0.15, 0.2) is 0 Å². The van der Waals surface area contributed by atoms with Crippen molar-refractivity contribution in [3.63, 3.8) is 0 Å². The number of carbonyl (C=O) groups is 1. The maximum atomic E-state index is 11.3. The van der Waals surface area contributed by atoms with Crippen molar-refractivity contribution in [3.8, 4) is 0 Å². The number of primary amides is 1. The van der Waals surface area contributed by atoms with Gasteiger partial charge in [-0.15, -0.1) is 0 Å². The zero-order valence-corrected chi connectivity index (χ0v) is 11.6. The maximum absolute atomic E-state index is 11.3. The molecule has 0 bridgehead atoms. The van der Waals surface area contributed by atoms with Crippen LogP contribution in [0, 0.1) is 5.92 Å². The quantitative estimate of drug-likeness (QED) is 0.786. The SMILES string of the molecule is CC(C)CC(C)N(C)c1ccc(N)c(C(N)=O)c1. The molecule has 1 amide bonds. The van der Waals surface area contributed by atoms with Crippen LogP contribution < -0.4 is 16.4 Å². The highest BCUT2D eigenvalue weighted by molar-refractivity contribution is 5.99. The monoisotopic (exact) mass is 249 g/mol. The van der Waals surface area contributed by atoms with E-state index >= 15 is 0 Å². The fourth-order valence-electron chi connectivity index (χ4n) is 2.07. The van der Waals surface area contributed by atoms with Gasteiger partial charge >= 0.3 is 0 Å². The lowest BCUT2D eigenvalue weighted by Crippen LogP contribution is -2.30. The molecule has 18 heavy (non-hydrogen) atoms. The van der Waals surface area contributed by atoms with Crippen molar-refractivity contribution in [2.24, 2.45) is 11.7 Å². The van der Waals surface area contributed by atoms with Crippen LogP contribution in [0.3, 0.4) is 0 Å². The standard InChI is InChI=1S/C14H23N3O/c1-9(2)7-10(3)17(4)11-5-6-13(15)12(8-11)14(16)18/h5-6,8-10H,7,15H2,1-4H3,(H2,16,18). The molecule has 4 heteroatoms. The average Bonchev–Trinajstić information content (AvgIpc) is 2.27. The lowest BCUT2D eigenvalue weighted by molar-refractivity contribution is 0.100. The molecule has 0 aliphatic carbocycles. The number of carbonyl (C=O) groups excluding carboxylic acids is 1. The first-order chi connectivity index (χ1) is 8.32. The smallest absolute Gasteiger partial charge is 0.250 e. The lowest BCUT2D eigenvalue weighted by Gasteiger charge is -2.28. The molecular weight excluding hydrogens is 226 g/mol. The zero-order valence-electron chi connectivity index (χ0n) is 11.6. The summed E-state index contributed by atoms with van der Waals surface area (Å²) in [6, 6.07) is 5.80. The van der Waals surface area contributed by atoms with E-state index in [4.69, 9.17) is 11.5 Å². The summed E-state index contributed by atoms with van der Waals surface area (Å²) < 4.78 is 0. The first-order valence-corrected chi connectivity index (χ1v) is 6.25. The summed E-state index contributed by atoms with van der Waals surface area (Å²) in [6.07, 6.45) is 1.09. The van der Waals surface area contributed by atoms with Crippen molar-refractivity contribution in [1.29, 1.82) is 0 Å². The summed E-state index contributed by atoms with van der Waals surface area (Å²) >= 11 is 0. The van der Waals surface area contributed by atoms with Crippen LogP contribution in [0.2, 0.25) is 0 Å². The molecular formula is C14H23N3O. The molecule has 100 valence electrons. The molecule has 0 radical (unpaired) electrons. The second-order valence-corrected chi connectivity index (χ2v) is 5.23. The van der Waals surface area contributed by atoms with Gasteiger partial charge in [0.1, 0.15) is 0 Å². The molecule has 0 saturated heterocycles. The highest BCUT2D eigenvalue weighted by Gasteiger charge is 2.14. The van der Waals surface area contributed by atoms with Crippen LogP contribution in [0.15, 0.2) is 18.2 Å². The van der Waals surface area contributed by atoms with Crippen molar-refractivity contribution >= 4 is 17.3 Å².